The molecule has 0 fully saturated rings. The molecule has 0 saturated heterocycles. The van der Waals surface area contributed by atoms with Crippen molar-refractivity contribution in [2.24, 2.45) is 11.7 Å². The highest BCUT2D eigenvalue weighted by Gasteiger charge is 2.15. The van der Waals surface area contributed by atoms with Gasteiger partial charge in [-0.3, -0.25) is 4.79 Å². The number of rotatable bonds is 8. The van der Waals surface area contributed by atoms with Crippen LogP contribution in [-0.2, 0) is 9.53 Å². The molecular formula is C16H26N2O3. The summed E-state index contributed by atoms with van der Waals surface area (Å²) in [4.78, 5) is 11.8. The van der Waals surface area contributed by atoms with Crippen molar-refractivity contribution in [3.63, 3.8) is 0 Å². The zero-order valence-electron chi connectivity index (χ0n) is 12.6. The number of hydrogen-bond acceptors (Lipinski definition) is 4. The van der Waals surface area contributed by atoms with Gasteiger partial charge in [0.25, 0.3) is 0 Å². The second kappa shape index (κ2) is 9.50. The lowest BCUT2D eigenvalue weighted by molar-refractivity contribution is -0.120. The average Bonchev–Trinajstić information content (AvgIpc) is 2.49. The Morgan fingerprint density at radius 3 is 3.05 bits per heavy atom. The van der Waals surface area contributed by atoms with Gasteiger partial charge >= 0.3 is 0 Å². The predicted octanol–water partition coefficient (Wildman–Crippen LogP) is 1.60. The quantitative estimate of drug-likeness (QED) is 0.469. The molecular weight excluding hydrogens is 268 g/mol. The molecule has 1 heterocycles. The highest BCUT2D eigenvalue weighted by Crippen LogP contribution is 2.15. The Kier molecular flexibility index (Phi) is 7.97. The molecule has 0 saturated carbocycles. The Labute approximate surface area is 126 Å². The maximum Gasteiger partial charge on any atom is 0.224 e. The molecule has 0 radical (unpaired) electrons. The molecule has 5 heteroatoms. The molecule has 0 aromatic rings. The van der Waals surface area contributed by atoms with Crippen molar-refractivity contribution < 1.29 is 14.6 Å². The molecule has 1 amide bonds. The standard InChI is InChI=1S/C16H26N2O3/c1-3-13(18-15(19)10-7-12(2)11-17)8-9-14-5-4-6-16(20)21-14/h3-4,6,8,12,14,16,20H,1,5,7,9-11,17H2,2H3,(H,18,19)/b13-8+/t12?,14?,16-/m0/s1. The molecule has 0 aromatic carbocycles. The molecule has 5 nitrogen and oxygen atoms in total. The molecule has 4 N–H and O–H groups in total. The van der Waals surface area contributed by atoms with Crippen molar-refractivity contribution in [1.82, 2.24) is 5.32 Å². The van der Waals surface area contributed by atoms with E-state index >= 15 is 0 Å². The van der Waals surface area contributed by atoms with Gasteiger partial charge in [-0.15, -0.1) is 0 Å². The van der Waals surface area contributed by atoms with Gasteiger partial charge in [0.15, 0.2) is 6.29 Å². The van der Waals surface area contributed by atoms with Gasteiger partial charge in [-0.1, -0.05) is 25.7 Å². The minimum Gasteiger partial charge on any atom is -0.365 e. The van der Waals surface area contributed by atoms with Gasteiger partial charge in [-0.05, 0) is 43.9 Å². The molecule has 2 unspecified atom stereocenters. The van der Waals surface area contributed by atoms with E-state index in [2.05, 4.69) is 11.9 Å². The first-order valence-electron chi connectivity index (χ1n) is 7.37. The Hall–Kier alpha value is -1.43. The molecule has 1 aliphatic heterocycles. The zero-order valence-corrected chi connectivity index (χ0v) is 12.6. The van der Waals surface area contributed by atoms with Crippen LogP contribution in [0.3, 0.4) is 0 Å². The van der Waals surface area contributed by atoms with E-state index in [1.165, 1.54) is 0 Å². The van der Waals surface area contributed by atoms with Gasteiger partial charge in [0.1, 0.15) is 0 Å². The van der Waals surface area contributed by atoms with E-state index < -0.39 is 6.29 Å². The summed E-state index contributed by atoms with van der Waals surface area (Å²) in [7, 11) is 0. The summed E-state index contributed by atoms with van der Waals surface area (Å²) < 4.78 is 5.34. The lowest BCUT2D eigenvalue weighted by atomic mass is 10.1. The Bertz CT molecular complexity index is 404. The van der Waals surface area contributed by atoms with E-state index in [0.29, 0.717) is 31.0 Å². The smallest absolute Gasteiger partial charge is 0.224 e. The van der Waals surface area contributed by atoms with Crippen molar-refractivity contribution in [3.05, 3.63) is 36.6 Å². The molecule has 3 atom stereocenters. The van der Waals surface area contributed by atoms with Crippen LogP contribution in [0, 0.1) is 5.92 Å². The van der Waals surface area contributed by atoms with Crippen LogP contribution in [0.4, 0.5) is 0 Å². The van der Waals surface area contributed by atoms with Gasteiger partial charge in [0.2, 0.25) is 5.91 Å². The van der Waals surface area contributed by atoms with Gasteiger partial charge in [0.05, 0.1) is 6.10 Å². The fraction of sp³-hybridized carbons (Fsp3) is 0.562. The first kappa shape index (κ1) is 17.6. The highest BCUT2D eigenvalue weighted by atomic mass is 16.6. The minimum absolute atomic E-state index is 0.0362. The predicted molar refractivity (Wildman–Crippen MR) is 83.1 cm³/mol. The molecule has 0 bridgehead atoms. The van der Waals surface area contributed by atoms with E-state index in [-0.39, 0.29) is 12.0 Å². The highest BCUT2D eigenvalue weighted by molar-refractivity contribution is 5.78. The number of nitrogens with one attached hydrogen (secondary N) is 1. The number of carbonyl (C=O) groups excluding carboxylic acids is 1. The summed E-state index contributed by atoms with van der Waals surface area (Å²) >= 11 is 0. The van der Waals surface area contributed by atoms with E-state index in [0.717, 1.165) is 12.8 Å². The number of carbonyl (C=O) groups is 1. The molecule has 0 aromatic heterocycles. The summed E-state index contributed by atoms with van der Waals surface area (Å²) in [6.07, 6.45) is 8.67. The summed E-state index contributed by atoms with van der Waals surface area (Å²) in [6.45, 7) is 6.31. The van der Waals surface area contributed by atoms with Crippen LogP contribution in [0.5, 0.6) is 0 Å². The number of hydrogen-bond donors (Lipinski definition) is 3. The number of aliphatic hydroxyl groups excluding tert-OH is 1. The summed E-state index contributed by atoms with van der Waals surface area (Å²) in [5, 5.41) is 12.2. The summed E-state index contributed by atoms with van der Waals surface area (Å²) in [6, 6.07) is 0. The molecule has 118 valence electrons. The van der Waals surface area contributed by atoms with Crippen molar-refractivity contribution >= 4 is 5.91 Å². The normalized spacial score (nSPS) is 23.7. The van der Waals surface area contributed by atoms with E-state index in [9.17, 15) is 9.90 Å². The second-order valence-corrected chi connectivity index (χ2v) is 5.34. The number of ether oxygens (including phenoxy) is 1. The molecule has 1 rings (SSSR count). The van der Waals surface area contributed by atoms with E-state index in [4.69, 9.17) is 10.5 Å². The number of allylic oxidation sites excluding steroid dienone is 1. The fourth-order valence-electron chi connectivity index (χ4n) is 1.96. The Balaban J connectivity index is 2.39. The lowest BCUT2D eigenvalue weighted by Crippen LogP contribution is -2.25. The average molecular weight is 294 g/mol. The minimum atomic E-state index is -0.836. The third-order valence-electron chi connectivity index (χ3n) is 3.40. The Morgan fingerprint density at radius 1 is 1.67 bits per heavy atom. The molecule has 1 aliphatic rings. The summed E-state index contributed by atoms with van der Waals surface area (Å²) in [5.74, 6) is 0.307. The SMILES string of the molecule is C=C/C(=C\CC1CC=C[C@@H](O)O1)NC(=O)CCC(C)CN. The van der Waals surface area contributed by atoms with Crippen LogP contribution in [0.1, 0.15) is 32.6 Å². The van der Waals surface area contributed by atoms with Crippen LogP contribution in [0.25, 0.3) is 0 Å². The fourth-order valence-corrected chi connectivity index (χ4v) is 1.96. The number of nitrogens with two attached hydrogens (primary N) is 1. The number of amides is 1. The van der Waals surface area contributed by atoms with E-state index in [1.54, 1.807) is 12.2 Å². The first-order valence-corrected chi connectivity index (χ1v) is 7.37. The van der Waals surface area contributed by atoms with Crippen molar-refractivity contribution in [3.8, 4) is 0 Å². The third-order valence-corrected chi connectivity index (χ3v) is 3.40. The van der Waals surface area contributed by atoms with Crippen LogP contribution in [0.15, 0.2) is 36.6 Å². The van der Waals surface area contributed by atoms with Gasteiger partial charge in [0, 0.05) is 12.1 Å². The maximum absolute atomic E-state index is 11.8. The van der Waals surface area contributed by atoms with Crippen LogP contribution in [-0.4, -0.2) is 30.0 Å². The van der Waals surface area contributed by atoms with Crippen LogP contribution in [0.2, 0.25) is 0 Å². The zero-order chi connectivity index (χ0) is 15.7. The van der Waals surface area contributed by atoms with Crippen molar-refractivity contribution in [2.75, 3.05) is 6.54 Å². The maximum atomic E-state index is 11.8. The largest absolute Gasteiger partial charge is 0.365 e. The monoisotopic (exact) mass is 294 g/mol. The third kappa shape index (κ3) is 7.22. The van der Waals surface area contributed by atoms with Gasteiger partial charge in [-0.25, -0.2) is 0 Å². The van der Waals surface area contributed by atoms with E-state index in [1.807, 2.05) is 19.1 Å². The van der Waals surface area contributed by atoms with Gasteiger partial charge < -0.3 is 20.9 Å². The first-order chi connectivity index (χ1) is 10.0. The summed E-state index contributed by atoms with van der Waals surface area (Å²) in [5.41, 5.74) is 6.20. The molecule has 0 aliphatic carbocycles. The lowest BCUT2D eigenvalue weighted by Gasteiger charge is -2.21. The molecule has 21 heavy (non-hydrogen) atoms. The van der Waals surface area contributed by atoms with Crippen LogP contribution >= 0.6 is 0 Å². The van der Waals surface area contributed by atoms with Gasteiger partial charge in [-0.2, -0.15) is 0 Å². The molecule has 0 spiro atoms. The second-order valence-electron chi connectivity index (χ2n) is 5.34. The Morgan fingerprint density at radius 2 is 2.43 bits per heavy atom. The van der Waals surface area contributed by atoms with Crippen LogP contribution < -0.4 is 11.1 Å². The van der Waals surface area contributed by atoms with Crippen molar-refractivity contribution in [2.45, 2.75) is 45.0 Å². The number of aliphatic hydroxyl groups is 1. The van der Waals surface area contributed by atoms with Crippen molar-refractivity contribution in [1.29, 1.82) is 0 Å². The topological polar surface area (TPSA) is 84.6 Å².